The molecule has 0 saturated heterocycles. The zero-order valence-corrected chi connectivity index (χ0v) is 16.4. The van der Waals surface area contributed by atoms with Crippen molar-refractivity contribution in [1.82, 2.24) is 14.8 Å². The first-order valence-corrected chi connectivity index (χ1v) is 9.40. The molecule has 0 unspecified atom stereocenters. The van der Waals surface area contributed by atoms with Gasteiger partial charge in [0, 0.05) is 18.3 Å². The maximum Gasteiger partial charge on any atom is 0.234 e. The Labute approximate surface area is 162 Å². The summed E-state index contributed by atoms with van der Waals surface area (Å²) in [6, 6.07) is 10.4. The summed E-state index contributed by atoms with van der Waals surface area (Å²) in [5.41, 5.74) is 1.14. The van der Waals surface area contributed by atoms with Crippen molar-refractivity contribution in [3.63, 3.8) is 0 Å². The SMILES string of the molecule is CC(=O)c1cccc(NC(=O)CSc2nnc(-c3ccc(Br)o3)n2C)c1. The van der Waals surface area contributed by atoms with Gasteiger partial charge in [0.05, 0.1) is 5.75 Å². The van der Waals surface area contributed by atoms with E-state index < -0.39 is 0 Å². The summed E-state index contributed by atoms with van der Waals surface area (Å²) in [7, 11) is 1.81. The fourth-order valence-electron chi connectivity index (χ4n) is 2.23. The summed E-state index contributed by atoms with van der Waals surface area (Å²) >= 11 is 4.52. The third kappa shape index (κ3) is 4.23. The van der Waals surface area contributed by atoms with Gasteiger partial charge in [-0.1, -0.05) is 23.9 Å². The molecule has 0 aliphatic rings. The number of halogens is 1. The number of hydrogen-bond acceptors (Lipinski definition) is 6. The van der Waals surface area contributed by atoms with E-state index in [0.29, 0.717) is 32.7 Å². The van der Waals surface area contributed by atoms with Crippen molar-refractivity contribution in [3.05, 3.63) is 46.6 Å². The van der Waals surface area contributed by atoms with Crippen LogP contribution in [0.4, 0.5) is 5.69 Å². The summed E-state index contributed by atoms with van der Waals surface area (Å²) in [6.45, 7) is 1.49. The molecular formula is C17H15BrN4O3S. The molecule has 0 bridgehead atoms. The van der Waals surface area contributed by atoms with E-state index >= 15 is 0 Å². The van der Waals surface area contributed by atoms with Gasteiger partial charge in [0.2, 0.25) is 5.91 Å². The second kappa shape index (κ2) is 7.88. The highest BCUT2D eigenvalue weighted by Crippen LogP contribution is 2.26. The van der Waals surface area contributed by atoms with Gasteiger partial charge in [-0.3, -0.25) is 9.59 Å². The smallest absolute Gasteiger partial charge is 0.234 e. The van der Waals surface area contributed by atoms with Crippen molar-refractivity contribution < 1.29 is 14.0 Å². The number of thioether (sulfide) groups is 1. The van der Waals surface area contributed by atoms with Crippen LogP contribution in [-0.4, -0.2) is 32.2 Å². The van der Waals surface area contributed by atoms with Crippen molar-refractivity contribution >= 4 is 45.1 Å². The molecule has 1 amide bonds. The minimum atomic E-state index is -0.194. The second-order valence-corrected chi connectivity index (χ2v) is 7.17. The van der Waals surface area contributed by atoms with Crippen LogP contribution in [0.1, 0.15) is 17.3 Å². The number of hydrogen-bond donors (Lipinski definition) is 1. The quantitative estimate of drug-likeness (QED) is 0.468. The minimum Gasteiger partial charge on any atom is -0.446 e. The first-order valence-electron chi connectivity index (χ1n) is 7.63. The number of furan rings is 1. The monoisotopic (exact) mass is 434 g/mol. The highest BCUT2D eigenvalue weighted by molar-refractivity contribution is 9.10. The fourth-order valence-corrected chi connectivity index (χ4v) is 3.25. The Morgan fingerprint density at radius 2 is 2.08 bits per heavy atom. The summed E-state index contributed by atoms with van der Waals surface area (Å²) < 4.78 is 7.85. The fraction of sp³-hybridized carbons (Fsp3) is 0.176. The van der Waals surface area contributed by atoms with E-state index in [0.717, 1.165) is 0 Å². The molecule has 0 atom stereocenters. The van der Waals surface area contributed by atoms with Crippen LogP contribution < -0.4 is 5.32 Å². The van der Waals surface area contributed by atoms with Crippen molar-refractivity contribution in [2.45, 2.75) is 12.1 Å². The first-order chi connectivity index (χ1) is 12.4. The van der Waals surface area contributed by atoms with Crippen molar-refractivity contribution in [3.8, 4) is 11.6 Å². The molecule has 0 saturated carbocycles. The van der Waals surface area contributed by atoms with Crippen LogP contribution in [0.5, 0.6) is 0 Å². The largest absolute Gasteiger partial charge is 0.446 e. The Hall–Kier alpha value is -2.39. The Balaban J connectivity index is 1.62. The van der Waals surface area contributed by atoms with Crippen molar-refractivity contribution in [2.75, 3.05) is 11.1 Å². The van der Waals surface area contributed by atoms with Crippen LogP contribution in [0.25, 0.3) is 11.6 Å². The molecule has 134 valence electrons. The lowest BCUT2D eigenvalue weighted by Gasteiger charge is -2.06. The normalized spacial score (nSPS) is 10.7. The van der Waals surface area contributed by atoms with Gasteiger partial charge in [-0.2, -0.15) is 0 Å². The van der Waals surface area contributed by atoms with Gasteiger partial charge in [0.1, 0.15) is 0 Å². The van der Waals surface area contributed by atoms with Crippen LogP contribution >= 0.6 is 27.7 Å². The number of nitrogens with zero attached hydrogens (tertiary/aromatic N) is 3. The highest BCUT2D eigenvalue weighted by Gasteiger charge is 2.15. The number of aromatic nitrogens is 3. The molecular weight excluding hydrogens is 420 g/mol. The molecule has 2 heterocycles. The number of anilines is 1. The van der Waals surface area contributed by atoms with Gasteiger partial charge in [-0.15, -0.1) is 10.2 Å². The number of ketones is 1. The number of Topliss-reactive ketones (excluding diaryl/α,β-unsaturated/α-hetero) is 1. The molecule has 9 heteroatoms. The standard InChI is InChI=1S/C17H15BrN4O3S/c1-10(23)11-4-3-5-12(8-11)19-15(24)9-26-17-21-20-16(22(17)2)13-6-7-14(18)25-13/h3-8H,9H2,1-2H3,(H,19,24). The molecule has 0 radical (unpaired) electrons. The van der Waals surface area contributed by atoms with Crippen LogP contribution in [0, 0.1) is 0 Å². The number of nitrogens with one attached hydrogen (secondary N) is 1. The summed E-state index contributed by atoms with van der Waals surface area (Å²) in [5, 5.41) is 11.6. The van der Waals surface area contributed by atoms with Gasteiger partial charge >= 0.3 is 0 Å². The molecule has 0 aliphatic carbocycles. The number of rotatable bonds is 6. The molecule has 0 fully saturated rings. The second-order valence-electron chi connectivity index (χ2n) is 5.44. The van der Waals surface area contributed by atoms with E-state index in [1.165, 1.54) is 18.7 Å². The summed E-state index contributed by atoms with van der Waals surface area (Å²) in [6.07, 6.45) is 0. The molecule has 0 spiro atoms. The zero-order valence-electron chi connectivity index (χ0n) is 14.0. The van der Waals surface area contributed by atoms with E-state index in [1.807, 2.05) is 7.05 Å². The molecule has 0 aliphatic heterocycles. The summed E-state index contributed by atoms with van der Waals surface area (Å²) in [4.78, 5) is 23.6. The summed E-state index contributed by atoms with van der Waals surface area (Å²) in [5.74, 6) is 1.09. The molecule has 26 heavy (non-hydrogen) atoms. The number of carbonyl (C=O) groups is 2. The topological polar surface area (TPSA) is 90.0 Å². The zero-order chi connectivity index (χ0) is 18.7. The molecule has 3 rings (SSSR count). The average Bonchev–Trinajstić information content (AvgIpc) is 3.19. The van der Waals surface area contributed by atoms with E-state index in [1.54, 1.807) is 41.0 Å². The Morgan fingerprint density at radius 1 is 1.27 bits per heavy atom. The lowest BCUT2D eigenvalue weighted by Crippen LogP contribution is -2.14. The molecule has 1 N–H and O–H groups in total. The maximum absolute atomic E-state index is 12.2. The number of amides is 1. The first kappa shape index (κ1) is 18.4. The molecule has 7 nitrogen and oxygen atoms in total. The van der Waals surface area contributed by atoms with Crippen LogP contribution in [0.2, 0.25) is 0 Å². The predicted molar refractivity (Wildman–Crippen MR) is 102 cm³/mol. The Kier molecular flexibility index (Phi) is 5.58. The van der Waals surface area contributed by atoms with E-state index in [-0.39, 0.29) is 17.4 Å². The molecule has 3 aromatic rings. The van der Waals surface area contributed by atoms with Crippen LogP contribution in [0.15, 0.2) is 50.6 Å². The van der Waals surface area contributed by atoms with Crippen LogP contribution in [0.3, 0.4) is 0 Å². The lowest BCUT2D eigenvalue weighted by molar-refractivity contribution is -0.113. The molecule has 1 aromatic carbocycles. The van der Waals surface area contributed by atoms with Gasteiger partial charge in [-0.25, -0.2) is 0 Å². The van der Waals surface area contributed by atoms with Gasteiger partial charge in [0.15, 0.2) is 27.2 Å². The van der Waals surface area contributed by atoms with E-state index in [9.17, 15) is 9.59 Å². The highest BCUT2D eigenvalue weighted by atomic mass is 79.9. The maximum atomic E-state index is 12.2. The van der Waals surface area contributed by atoms with Gasteiger partial charge in [0.25, 0.3) is 0 Å². The van der Waals surface area contributed by atoms with Crippen molar-refractivity contribution in [1.29, 1.82) is 0 Å². The van der Waals surface area contributed by atoms with Crippen molar-refractivity contribution in [2.24, 2.45) is 7.05 Å². The minimum absolute atomic E-state index is 0.0494. The van der Waals surface area contributed by atoms with Gasteiger partial charge in [-0.05, 0) is 47.1 Å². The Morgan fingerprint density at radius 3 is 2.77 bits per heavy atom. The number of benzene rings is 1. The third-order valence-electron chi connectivity index (χ3n) is 3.51. The number of carbonyl (C=O) groups excluding carboxylic acids is 2. The van der Waals surface area contributed by atoms with E-state index in [2.05, 4.69) is 31.4 Å². The van der Waals surface area contributed by atoms with E-state index in [4.69, 9.17) is 4.42 Å². The van der Waals surface area contributed by atoms with Gasteiger partial charge < -0.3 is 14.3 Å². The molecule has 2 aromatic heterocycles. The predicted octanol–water partition coefficient (Wildman–Crippen LogP) is 3.77. The average molecular weight is 435 g/mol. The lowest BCUT2D eigenvalue weighted by atomic mass is 10.1. The Bertz CT molecular complexity index is 967. The van der Waals surface area contributed by atoms with Crippen LogP contribution in [-0.2, 0) is 11.8 Å². The third-order valence-corrected chi connectivity index (χ3v) is 4.96.